The van der Waals surface area contributed by atoms with E-state index in [2.05, 4.69) is 10.4 Å². The van der Waals surface area contributed by atoms with Crippen molar-refractivity contribution in [3.63, 3.8) is 0 Å². The number of benzene rings is 1. The zero-order valence-electron chi connectivity index (χ0n) is 12.6. The fraction of sp³-hybridized carbons (Fsp3) is 0.312. The van der Waals surface area contributed by atoms with E-state index in [1.807, 2.05) is 24.3 Å². The van der Waals surface area contributed by atoms with Crippen LogP contribution in [-0.2, 0) is 16.1 Å². The highest BCUT2D eigenvalue weighted by Gasteiger charge is 2.43. The van der Waals surface area contributed by atoms with Gasteiger partial charge in [-0.25, -0.2) is 0 Å². The fourth-order valence-corrected chi connectivity index (χ4v) is 2.59. The van der Waals surface area contributed by atoms with Crippen LogP contribution >= 0.6 is 0 Å². The second-order valence-corrected chi connectivity index (χ2v) is 5.53. The lowest BCUT2D eigenvalue weighted by atomic mass is 10.1. The molecule has 1 aliphatic rings. The van der Waals surface area contributed by atoms with Crippen molar-refractivity contribution < 1.29 is 19.4 Å². The van der Waals surface area contributed by atoms with Crippen molar-refractivity contribution >= 4 is 17.6 Å². The smallest absolute Gasteiger partial charge is 0.325 e. The minimum Gasteiger partial charge on any atom is -0.497 e. The summed E-state index contributed by atoms with van der Waals surface area (Å²) >= 11 is 0. The lowest BCUT2D eigenvalue weighted by molar-refractivity contribution is -0.137. The van der Waals surface area contributed by atoms with Gasteiger partial charge in [0.1, 0.15) is 12.3 Å². The molecule has 1 fully saturated rings. The summed E-state index contributed by atoms with van der Waals surface area (Å²) in [5, 5.41) is 15.4. The molecule has 0 aliphatic heterocycles. The standard InChI is InChI=1S/C16H17N3O4/c1-23-12-4-2-10(3-5-12)13-6-14(13)16(22)18-11-7-17-19(8-11)9-15(20)21/h2-5,7-8,13-14H,6,9H2,1H3,(H,18,22)(H,20,21)/t13-,14+/m0/s1. The van der Waals surface area contributed by atoms with E-state index in [0.717, 1.165) is 17.7 Å². The molecule has 0 spiro atoms. The highest BCUT2D eigenvalue weighted by atomic mass is 16.5. The van der Waals surface area contributed by atoms with Gasteiger partial charge in [-0.15, -0.1) is 0 Å². The maximum absolute atomic E-state index is 12.2. The van der Waals surface area contributed by atoms with Gasteiger partial charge in [0.15, 0.2) is 0 Å². The van der Waals surface area contributed by atoms with Crippen molar-refractivity contribution in [1.29, 1.82) is 0 Å². The number of carboxylic acid groups (broad SMARTS) is 1. The average molecular weight is 315 g/mol. The van der Waals surface area contributed by atoms with Gasteiger partial charge in [-0.1, -0.05) is 12.1 Å². The molecule has 1 aromatic carbocycles. The Kier molecular flexibility index (Phi) is 4.01. The van der Waals surface area contributed by atoms with E-state index >= 15 is 0 Å². The number of aromatic nitrogens is 2. The van der Waals surface area contributed by atoms with Crippen LogP contribution in [0.3, 0.4) is 0 Å². The highest BCUT2D eigenvalue weighted by Crippen LogP contribution is 2.48. The molecular formula is C16H17N3O4. The quantitative estimate of drug-likeness (QED) is 0.846. The predicted molar refractivity (Wildman–Crippen MR) is 82.3 cm³/mol. The Morgan fingerprint density at radius 1 is 1.39 bits per heavy atom. The first-order valence-corrected chi connectivity index (χ1v) is 7.26. The Balaban J connectivity index is 1.57. The van der Waals surface area contributed by atoms with Crippen molar-refractivity contribution in [2.45, 2.75) is 18.9 Å². The van der Waals surface area contributed by atoms with Crippen LogP contribution in [0.25, 0.3) is 0 Å². The minimum atomic E-state index is -0.979. The summed E-state index contributed by atoms with van der Waals surface area (Å²) in [7, 11) is 1.62. The summed E-state index contributed by atoms with van der Waals surface area (Å²) in [6.45, 7) is -0.228. The predicted octanol–water partition coefficient (Wildman–Crippen LogP) is 1.72. The van der Waals surface area contributed by atoms with Crippen molar-refractivity contribution in [3.8, 4) is 5.75 Å². The van der Waals surface area contributed by atoms with E-state index in [4.69, 9.17) is 9.84 Å². The van der Waals surface area contributed by atoms with Crippen LogP contribution in [0.5, 0.6) is 5.75 Å². The van der Waals surface area contributed by atoms with Crippen LogP contribution in [0.2, 0.25) is 0 Å². The Hall–Kier alpha value is -2.83. The van der Waals surface area contributed by atoms with Crippen molar-refractivity contribution in [1.82, 2.24) is 9.78 Å². The van der Waals surface area contributed by atoms with Crippen LogP contribution in [-0.4, -0.2) is 33.9 Å². The number of hydrogen-bond donors (Lipinski definition) is 2. The van der Waals surface area contributed by atoms with Gasteiger partial charge in [0.05, 0.1) is 19.0 Å². The monoisotopic (exact) mass is 315 g/mol. The highest BCUT2D eigenvalue weighted by molar-refractivity contribution is 5.95. The topological polar surface area (TPSA) is 93.5 Å². The maximum atomic E-state index is 12.2. The van der Waals surface area contributed by atoms with Gasteiger partial charge in [0, 0.05) is 12.1 Å². The largest absolute Gasteiger partial charge is 0.497 e. The number of carbonyl (C=O) groups is 2. The summed E-state index contributed by atoms with van der Waals surface area (Å²) in [5.41, 5.74) is 1.63. The number of carboxylic acids is 1. The molecule has 120 valence electrons. The number of amides is 1. The van der Waals surface area contributed by atoms with E-state index in [9.17, 15) is 9.59 Å². The number of anilines is 1. The Bertz CT molecular complexity index is 723. The maximum Gasteiger partial charge on any atom is 0.325 e. The second kappa shape index (κ2) is 6.12. The summed E-state index contributed by atoms with van der Waals surface area (Å²) in [5.74, 6) is -0.101. The van der Waals surface area contributed by atoms with Gasteiger partial charge in [-0.3, -0.25) is 14.3 Å². The Morgan fingerprint density at radius 3 is 2.78 bits per heavy atom. The first-order chi connectivity index (χ1) is 11.1. The molecule has 1 heterocycles. The van der Waals surface area contributed by atoms with Crippen molar-refractivity contribution in [2.24, 2.45) is 5.92 Å². The summed E-state index contributed by atoms with van der Waals surface area (Å²) in [6.07, 6.45) is 3.77. The van der Waals surface area contributed by atoms with E-state index < -0.39 is 5.97 Å². The molecule has 2 aromatic rings. The Morgan fingerprint density at radius 2 is 2.13 bits per heavy atom. The first-order valence-electron chi connectivity index (χ1n) is 7.26. The van der Waals surface area contributed by atoms with Crippen molar-refractivity contribution in [3.05, 3.63) is 42.2 Å². The summed E-state index contributed by atoms with van der Waals surface area (Å²) in [4.78, 5) is 22.8. The number of nitrogens with zero attached hydrogens (tertiary/aromatic N) is 2. The lowest BCUT2D eigenvalue weighted by Crippen LogP contribution is -2.14. The molecule has 7 nitrogen and oxygen atoms in total. The third-order valence-corrected chi connectivity index (χ3v) is 3.87. The van der Waals surface area contributed by atoms with Gasteiger partial charge in [-0.05, 0) is 30.0 Å². The molecule has 1 amide bonds. The average Bonchev–Trinajstić information content (AvgIpc) is 3.23. The molecule has 1 saturated carbocycles. The minimum absolute atomic E-state index is 0.0637. The molecule has 2 N–H and O–H groups in total. The summed E-state index contributed by atoms with van der Waals surface area (Å²) in [6, 6.07) is 7.72. The lowest BCUT2D eigenvalue weighted by Gasteiger charge is -2.04. The molecule has 3 rings (SSSR count). The molecule has 1 aliphatic carbocycles. The van der Waals surface area contributed by atoms with Gasteiger partial charge < -0.3 is 15.2 Å². The molecule has 7 heteroatoms. The first kappa shape index (κ1) is 15.1. The second-order valence-electron chi connectivity index (χ2n) is 5.53. The number of rotatable bonds is 6. The molecule has 0 unspecified atom stereocenters. The van der Waals surface area contributed by atoms with Crippen LogP contribution in [0.1, 0.15) is 17.9 Å². The number of hydrogen-bond acceptors (Lipinski definition) is 4. The third-order valence-electron chi connectivity index (χ3n) is 3.87. The number of ether oxygens (including phenoxy) is 1. The third kappa shape index (κ3) is 3.50. The van der Waals surface area contributed by atoms with E-state index in [1.165, 1.54) is 17.1 Å². The van der Waals surface area contributed by atoms with Crippen LogP contribution < -0.4 is 10.1 Å². The normalized spacial score (nSPS) is 19.2. The molecular weight excluding hydrogens is 298 g/mol. The molecule has 1 aromatic heterocycles. The zero-order chi connectivity index (χ0) is 16.4. The van der Waals surface area contributed by atoms with Gasteiger partial charge >= 0.3 is 5.97 Å². The Labute approximate surface area is 132 Å². The zero-order valence-corrected chi connectivity index (χ0v) is 12.6. The van der Waals surface area contributed by atoms with Crippen LogP contribution in [0.4, 0.5) is 5.69 Å². The number of carbonyl (C=O) groups excluding carboxylic acids is 1. The number of methoxy groups -OCH3 is 1. The fourth-order valence-electron chi connectivity index (χ4n) is 2.59. The van der Waals surface area contributed by atoms with Crippen LogP contribution in [0.15, 0.2) is 36.7 Å². The van der Waals surface area contributed by atoms with E-state index in [-0.39, 0.29) is 24.3 Å². The van der Waals surface area contributed by atoms with Gasteiger partial charge in [0.2, 0.25) is 5.91 Å². The van der Waals surface area contributed by atoms with E-state index in [0.29, 0.717) is 5.69 Å². The van der Waals surface area contributed by atoms with Gasteiger partial charge in [0.25, 0.3) is 0 Å². The number of aliphatic carboxylic acids is 1. The van der Waals surface area contributed by atoms with Crippen molar-refractivity contribution in [2.75, 3.05) is 12.4 Å². The molecule has 0 bridgehead atoms. The summed E-state index contributed by atoms with van der Waals surface area (Å²) < 4.78 is 6.39. The number of nitrogens with one attached hydrogen (secondary N) is 1. The molecule has 2 atom stereocenters. The SMILES string of the molecule is COc1ccc([C@@H]2C[C@H]2C(=O)Nc2cnn(CC(=O)O)c2)cc1. The molecule has 0 saturated heterocycles. The van der Waals surface area contributed by atoms with Gasteiger partial charge in [-0.2, -0.15) is 5.10 Å². The molecule has 23 heavy (non-hydrogen) atoms. The molecule has 0 radical (unpaired) electrons. The van der Waals surface area contributed by atoms with E-state index in [1.54, 1.807) is 7.11 Å². The van der Waals surface area contributed by atoms with Crippen LogP contribution in [0, 0.1) is 5.92 Å².